The van der Waals surface area contributed by atoms with Gasteiger partial charge in [0.1, 0.15) is 11.0 Å². The highest BCUT2D eigenvalue weighted by Gasteiger charge is 2.37. The molecule has 1 saturated carbocycles. The standard InChI is InChI=1S/C15H20N4S2/c1-20-14-18-12-11(21-14)13(17-10-16-12)19-8-6-15(7-9-19)4-2-3-5-15/h10H,2-9H2,1H3. The fraction of sp³-hybridized carbons (Fsp3) is 0.667. The van der Waals surface area contributed by atoms with Gasteiger partial charge in [-0.15, -0.1) is 11.3 Å². The van der Waals surface area contributed by atoms with Gasteiger partial charge in [0.05, 0.1) is 0 Å². The lowest BCUT2D eigenvalue weighted by atomic mass is 9.77. The van der Waals surface area contributed by atoms with Gasteiger partial charge in [-0.25, -0.2) is 15.0 Å². The lowest BCUT2D eigenvalue weighted by molar-refractivity contribution is 0.226. The molecule has 4 rings (SSSR count). The highest BCUT2D eigenvalue weighted by Crippen LogP contribution is 2.47. The Morgan fingerprint density at radius 3 is 2.62 bits per heavy atom. The summed E-state index contributed by atoms with van der Waals surface area (Å²) in [6, 6.07) is 0. The Labute approximate surface area is 133 Å². The maximum absolute atomic E-state index is 4.57. The molecule has 6 heteroatoms. The molecule has 0 atom stereocenters. The molecule has 1 saturated heterocycles. The van der Waals surface area contributed by atoms with E-state index in [-0.39, 0.29) is 0 Å². The van der Waals surface area contributed by atoms with Gasteiger partial charge >= 0.3 is 0 Å². The summed E-state index contributed by atoms with van der Waals surface area (Å²) >= 11 is 3.41. The van der Waals surface area contributed by atoms with Crippen LogP contribution >= 0.6 is 23.1 Å². The SMILES string of the molecule is CSc1nc2ncnc(N3CCC4(CCCC4)CC3)c2s1. The molecule has 1 spiro atoms. The monoisotopic (exact) mass is 320 g/mol. The van der Waals surface area contributed by atoms with E-state index in [4.69, 9.17) is 0 Å². The van der Waals surface area contributed by atoms with Crippen LogP contribution in [0.25, 0.3) is 10.3 Å². The molecule has 1 aliphatic carbocycles. The third kappa shape index (κ3) is 2.42. The smallest absolute Gasteiger partial charge is 0.176 e. The van der Waals surface area contributed by atoms with Gasteiger partial charge < -0.3 is 4.90 Å². The molecule has 0 aromatic carbocycles. The van der Waals surface area contributed by atoms with E-state index in [0.29, 0.717) is 5.41 Å². The number of nitrogens with zero attached hydrogens (tertiary/aromatic N) is 4. The summed E-state index contributed by atoms with van der Waals surface area (Å²) in [4.78, 5) is 15.9. The van der Waals surface area contributed by atoms with Crippen molar-refractivity contribution in [2.75, 3.05) is 24.2 Å². The second-order valence-corrected chi connectivity index (χ2v) is 8.28. The summed E-state index contributed by atoms with van der Waals surface area (Å²) in [6.07, 6.45) is 12.1. The van der Waals surface area contributed by atoms with E-state index in [1.54, 1.807) is 29.4 Å². The van der Waals surface area contributed by atoms with Gasteiger partial charge in [0.25, 0.3) is 0 Å². The van der Waals surface area contributed by atoms with Crippen LogP contribution in [-0.4, -0.2) is 34.3 Å². The summed E-state index contributed by atoms with van der Waals surface area (Å²) in [5, 5.41) is 0. The second-order valence-electron chi connectivity index (χ2n) is 6.23. The third-order valence-corrected chi connectivity index (χ3v) is 7.14. The van der Waals surface area contributed by atoms with Gasteiger partial charge in [0, 0.05) is 13.1 Å². The predicted molar refractivity (Wildman–Crippen MR) is 89.3 cm³/mol. The lowest BCUT2D eigenvalue weighted by Crippen LogP contribution is -2.39. The van der Waals surface area contributed by atoms with Crippen molar-refractivity contribution in [1.29, 1.82) is 0 Å². The van der Waals surface area contributed by atoms with Gasteiger partial charge in [-0.1, -0.05) is 24.6 Å². The van der Waals surface area contributed by atoms with E-state index in [1.807, 2.05) is 0 Å². The first-order valence-electron chi connectivity index (χ1n) is 7.70. The number of hydrogen-bond acceptors (Lipinski definition) is 6. The van der Waals surface area contributed by atoms with Crippen molar-refractivity contribution in [1.82, 2.24) is 15.0 Å². The molecule has 2 aromatic heterocycles. The average molecular weight is 320 g/mol. The molecule has 0 N–H and O–H groups in total. The highest BCUT2D eigenvalue weighted by molar-refractivity contribution is 8.00. The molecule has 1 aliphatic heterocycles. The number of hydrogen-bond donors (Lipinski definition) is 0. The molecule has 0 amide bonds. The Morgan fingerprint density at radius 2 is 1.90 bits per heavy atom. The first-order chi connectivity index (χ1) is 10.3. The number of anilines is 1. The molecule has 3 heterocycles. The highest BCUT2D eigenvalue weighted by atomic mass is 32.2. The van der Waals surface area contributed by atoms with Crippen LogP contribution in [-0.2, 0) is 0 Å². The van der Waals surface area contributed by atoms with Gasteiger partial charge in [-0.3, -0.25) is 0 Å². The molecule has 4 nitrogen and oxygen atoms in total. The van der Waals surface area contributed by atoms with Gasteiger partial charge in [0.15, 0.2) is 15.8 Å². The molecule has 2 aromatic rings. The van der Waals surface area contributed by atoms with Gasteiger partial charge in [-0.05, 0) is 37.4 Å². The van der Waals surface area contributed by atoms with E-state index in [1.165, 1.54) is 38.5 Å². The van der Waals surface area contributed by atoms with Crippen molar-refractivity contribution >= 4 is 39.3 Å². The largest absolute Gasteiger partial charge is 0.355 e. The van der Waals surface area contributed by atoms with Crippen LogP contribution in [0.2, 0.25) is 0 Å². The number of piperidine rings is 1. The minimum atomic E-state index is 0.654. The number of rotatable bonds is 2. The van der Waals surface area contributed by atoms with E-state index in [9.17, 15) is 0 Å². The number of thioether (sulfide) groups is 1. The van der Waals surface area contributed by atoms with Crippen molar-refractivity contribution in [3.8, 4) is 0 Å². The van der Waals surface area contributed by atoms with Crippen LogP contribution in [0, 0.1) is 5.41 Å². The topological polar surface area (TPSA) is 41.9 Å². The van der Waals surface area contributed by atoms with E-state index < -0.39 is 0 Å². The Bertz CT molecular complexity index is 638. The summed E-state index contributed by atoms with van der Waals surface area (Å²) in [5.74, 6) is 1.10. The molecule has 0 bridgehead atoms. The van der Waals surface area contributed by atoms with Gasteiger partial charge in [0.2, 0.25) is 0 Å². The molecule has 0 radical (unpaired) electrons. The van der Waals surface area contributed by atoms with Gasteiger partial charge in [-0.2, -0.15) is 0 Å². The Balaban J connectivity index is 1.61. The van der Waals surface area contributed by atoms with E-state index in [0.717, 1.165) is 33.6 Å². The molecular weight excluding hydrogens is 300 g/mol. The average Bonchev–Trinajstić information content (AvgIpc) is 3.14. The zero-order valence-corrected chi connectivity index (χ0v) is 14.0. The molecule has 21 heavy (non-hydrogen) atoms. The van der Waals surface area contributed by atoms with Crippen molar-refractivity contribution < 1.29 is 0 Å². The fourth-order valence-corrected chi connectivity index (χ4v) is 5.38. The molecule has 2 fully saturated rings. The minimum absolute atomic E-state index is 0.654. The predicted octanol–water partition coefficient (Wildman–Crippen LogP) is 3.97. The number of fused-ring (bicyclic) bond motifs is 1. The van der Waals surface area contributed by atoms with Crippen LogP contribution in [0.4, 0.5) is 5.82 Å². The maximum Gasteiger partial charge on any atom is 0.176 e. The molecule has 112 valence electrons. The van der Waals surface area contributed by atoms with Crippen molar-refractivity contribution in [2.24, 2.45) is 5.41 Å². The normalized spacial score (nSPS) is 21.5. The fourth-order valence-electron chi connectivity index (χ4n) is 3.85. The Hall–Kier alpha value is -0.880. The minimum Gasteiger partial charge on any atom is -0.355 e. The Kier molecular flexibility index (Phi) is 3.53. The summed E-state index contributed by atoms with van der Waals surface area (Å²) in [5.41, 5.74) is 1.51. The molecule has 0 unspecified atom stereocenters. The van der Waals surface area contributed by atoms with Crippen molar-refractivity contribution in [2.45, 2.75) is 42.9 Å². The summed E-state index contributed by atoms with van der Waals surface area (Å²) in [7, 11) is 0. The first-order valence-corrected chi connectivity index (χ1v) is 9.74. The van der Waals surface area contributed by atoms with Crippen LogP contribution in [0.5, 0.6) is 0 Å². The zero-order valence-electron chi connectivity index (χ0n) is 12.3. The van der Waals surface area contributed by atoms with Crippen molar-refractivity contribution in [3.05, 3.63) is 6.33 Å². The first kappa shape index (κ1) is 13.8. The zero-order chi connectivity index (χ0) is 14.3. The summed E-state index contributed by atoms with van der Waals surface area (Å²) in [6.45, 7) is 2.28. The van der Waals surface area contributed by atoms with Crippen LogP contribution in [0.3, 0.4) is 0 Å². The van der Waals surface area contributed by atoms with E-state index in [2.05, 4.69) is 26.1 Å². The quantitative estimate of drug-likeness (QED) is 0.783. The lowest BCUT2D eigenvalue weighted by Gasteiger charge is -2.39. The maximum atomic E-state index is 4.57. The third-order valence-electron chi connectivity index (χ3n) is 5.12. The molecule has 2 aliphatic rings. The molecular formula is C15H20N4S2. The second kappa shape index (κ2) is 5.39. The van der Waals surface area contributed by atoms with Crippen LogP contribution in [0.1, 0.15) is 38.5 Å². The van der Waals surface area contributed by atoms with Crippen LogP contribution < -0.4 is 4.90 Å². The summed E-state index contributed by atoms with van der Waals surface area (Å²) < 4.78 is 2.24. The van der Waals surface area contributed by atoms with Crippen molar-refractivity contribution in [3.63, 3.8) is 0 Å². The number of aromatic nitrogens is 3. The van der Waals surface area contributed by atoms with E-state index >= 15 is 0 Å². The van der Waals surface area contributed by atoms with Crippen LogP contribution in [0.15, 0.2) is 10.7 Å². The number of thiazole rings is 1. The Morgan fingerprint density at radius 1 is 1.14 bits per heavy atom.